The van der Waals surface area contributed by atoms with Crippen LogP contribution in [0.25, 0.3) is 10.9 Å². The number of benzene rings is 3. The maximum absolute atomic E-state index is 14.7. The van der Waals surface area contributed by atoms with Gasteiger partial charge in [-0.25, -0.2) is 4.98 Å². The number of hydrogen-bond acceptors (Lipinski definition) is 21. The van der Waals surface area contributed by atoms with Gasteiger partial charge >= 0.3 is 11.9 Å². The first kappa shape index (κ1) is 90.5. The molecule has 0 bridgehead atoms. The van der Waals surface area contributed by atoms with Crippen molar-refractivity contribution in [3.63, 3.8) is 0 Å². The lowest BCUT2D eigenvalue weighted by Crippen LogP contribution is -2.49. The number of H-pyrrole nitrogens is 2. The highest BCUT2D eigenvalue weighted by molar-refractivity contribution is 5.98. The molecule has 0 radical (unpaired) electrons. The van der Waals surface area contributed by atoms with Crippen LogP contribution in [0.1, 0.15) is 128 Å². The third kappa shape index (κ3) is 34.1. The van der Waals surface area contributed by atoms with Crippen molar-refractivity contribution in [3.05, 3.63) is 120 Å². The molecule has 610 valence electrons. The number of primary amides is 1. The molecule has 5 atom stereocenters. The topological polar surface area (TPSA) is 454 Å². The lowest BCUT2D eigenvalue weighted by Gasteiger charge is -2.32. The molecule has 1 fully saturated rings. The number of nitrogens with one attached hydrogen (secondary N) is 8. The number of para-hydroxylation sites is 1. The minimum Gasteiger partial charge on any atom is -0.480 e. The Morgan fingerprint density at radius 2 is 1.11 bits per heavy atom. The van der Waals surface area contributed by atoms with Crippen LogP contribution in [0.5, 0.6) is 0 Å². The number of nitrogens with two attached hydrogens (primary N) is 1. The summed E-state index contributed by atoms with van der Waals surface area (Å²) in [4.78, 5) is 203. The summed E-state index contributed by atoms with van der Waals surface area (Å²) in [5.74, 6) is -9.20. The molecule has 6 rings (SSSR count). The average Bonchev–Trinajstić information content (AvgIpc) is 1.67. The Hall–Kier alpha value is -10.4. The van der Waals surface area contributed by atoms with Gasteiger partial charge in [0.2, 0.25) is 41.4 Å². The van der Waals surface area contributed by atoms with Crippen LogP contribution >= 0.6 is 0 Å². The molecule has 32 heteroatoms. The largest absolute Gasteiger partial charge is 0.480 e. The number of carbonyl (C=O) groups excluding carboxylic acids is 12. The first-order valence-corrected chi connectivity index (χ1v) is 38.2. The average molecular weight is 1560 g/mol. The van der Waals surface area contributed by atoms with E-state index in [-0.39, 0.29) is 128 Å². The first-order valence-electron chi connectivity index (χ1n) is 38.2. The van der Waals surface area contributed by atoms with Crippen LogP contribution in [0, 0.1) is 29.6 Å². The van der Waals surface area contributed by atoms with Crippen LogP contribution in [0.15, 0.2) is 97.6 Å². The third-order valence-electron chi connectivity index (χ3n) is 19.2. The summed E-state index contributed by atoms with van der Waals surface area (Å²) < 4.78 is 10.4. The molecular weight excluding hydrogens is 1440 g/mol. The maximum atomic E-state index is 14.7. The smallest absolute Gasteiger partial charge is 0.317 e. The Morgan fingerprint density at radius 3 is 1.70 bits per heavy atom. The van der Waals surface area contributed by atoms with Gasteiger partial charge in [-0.05, 0) is 84.2 Å². The van der Waals surface area contributed by atoms with E-state index in [2.05, 4.69) is 74.5 Å². The number of ketones is 4. The number of aromatic nitrogens is 3. The number of nitrogens with zero attached hydrogens (tertiary/aromatic N) is 5. The van der Waals surface area contributed by atoms with E-state index >= 15 is 0 Å². The van der Waals surface area contributed by atoms with Gasteiger partial charge in [0.1, 0.15) is 19.9 Å². The second kappa shape index (κ2) is 47.7. The van der Waals surface area contributed by atoms with Crippen molar-refractivity contribution in [1.82, 2.24) is 61.1 Å². The first-order chi connectivity index (χ1) is 53.5. The normalized spacial score (nSPS) is 14.9. The van der Waals surface area contributed by atoms with E-state index in [1.807, 2.05) is 23.1 Å². The lowest BCUT2D eigenvalue weighted by atomic mass is 9.84. The fourth-order valence-electron chi connectivity index (χ4n) is 13.5. The highest BCUT2D eigenvalue weighted by Crippen LogP contribution is 2.26. The number of carboxylic acids is 2. The Morgan fingerprint density at radius 1 is 0.554 bits per heavy atom. The number of rotatable bonds is 49. The van der Waals surface area contributed by atoms with Crippen LogP contribution in [-0.4, -0.2) is 244 Å². The van der Waals surface area contributed by atoms with Gasteiger partial charge in [-0.1, -0.05) is 102 Å². The Bertz CT molecular complexity index is 3860. The third-order valence-corrected chi connectivity index (χ3v) is 19.2. The number of aliphatic carboxylic acids is 2. The van der Waals surface area contributed by atoms with Gasteiger partial charge in [0.05, 0.1) is 50.1 Å². The number of fused-ring (bicyclic) bond motifs is 1. The quantitative estimate of drug-likeness (QED) is 0.0248. The number of carboxylic acid groups (broad SMARTS) is 2. The minimum absolute atomic E-state index is 0.0449. The summed E-state index contributed by atoms with van der Waals surface area (Å²) in [6, 6.07) is 18.0. The van der Waals surface area contributed by atoms with Gasteiger partial charge in [-0.2, -0.15) is 0 Å². The molecular formula is C80H112N14O18. The van der Waals surface area contributed by atoms with Gasteiger partial charge in [-0.15, -0.1) is 0 Å². The predicted octanol–water partition coefficient (Wildman–Crippen LogP) is 3.51. The van der Waals surface area contributed by atoms with E-state index in [1.165, 1.54) is 6.33 Å². The van der Waals surface area contributed by atoms with E-state index in [9.17, 15) is 77.3 Å². The zero-order valence-electron chi connectivity index (χ0n) is 65.0. The van der Waals surface area contributed by atoms with Crippen molar-refractivity contribution < 1.29 is 86.8 Å². The molecule has 0 unspecified atom stereocenters. The molecule has 1 saturated heterocycles. The molecule has 2 aromatic heterocycles. The number of ether oxygens (including phenoxy) is 2. The summed E-state index contributed by atoms with van der Waals surface area (Å²) >= 11 is 0. The molecule has 5 aromatic rings. The van der Waals surface area contributed by atoms with E-state index in [4.69, 9.17) is 15.2 Å². The molecule has 0 spiro atoms. The molecule has 3 aromatic carbocycles. The van der Waals surface area contributed by atoms with Gasteiger partial charge in [0.25, 0.3) is 6.47 Å². The number of aromatic amines is 2. The molecule has 12 N–H and O–H groups in total. The SMILES string of the molecule is CC(C)CC(CC(=O)[C@H](Cc1cnc[nH]1)NC(=O)CCC(=O)[C@@H](NC(=O)CCC(=O)[C@H](Cc1c[nH]c2ccccc12)NC(=O)[C@H](CCC(N)=O)CC(=O)[C@@H](Cc1ccccc1)NC(=O)COCC(=O)Nc1ccc(CNC(=O)CN2CCN(CC(=O)O)CCN(COC=O)CCN(CC(=O)O)CC2)cc1)C(C)C)CC(C)C. The second-order valence-electron chi connectivity index (χ2n) is 29.9. The van der Waals surface area contributed by atoms with E-state index in [0.29, 0.717) is 72.6 Å². The molecule has 0 aliphatic carbocycles. The summed E-state index contributed by atoms with van der Waals surface area (Å²) in [6.07, 6.45) is 4.36. The van der Waals surface area contributed by atoms with Crippen LogP contribution in [0.3, 0.4) is 0 Å². The van der Waals surface area contributed by atoms with E-state index < -0.39 is 133 Å². The standard InChI is InChI=1S/C80H112N14O18/c1-52(2)34-57(35-53(3)4)37-69(98)66(40-61-43-82-49-85-61)87-72(101)25-22-68(97)79(54(5)6)90-73(102)24-21-67(96)65(38-59-42-83-63-15-11-10-14-62(59)63)89-80(110)58(18-23-71(81)100)39-70(99)64(36-55-12-8-7-9-13-55)88-76(105)48-111-47-75(104)86-60-19-16-56(17-20-60)41-84-74(103)44-91-26-28-92(45-77(106)107)30-32-94(50-112-51-95)33-31-93(29-27-91)46-78(108)109/h7-17,19-20,42-43,49,51-54,57-58,64-66,79,83H,18,21-41,44-48,50H2,1-6H3,(H2,81,100)(H,82,85)(H,84,103)(H,86,104)(H,87,101)(H,88,105)(H,89,110)(H,90,102)(H,106,107)(H,108,109)/t58-,64-,65+,66+,79+/m1/s1. The molecule has 3 heterocycles. The van der Waals surface area contributed by atoms with E-state index in [0.717, 1.165) is 23.7 Å². The van der Waals surface area contributed by atoms with Gasteiger partial charge in [-0.3, -0.25) is 86.7 Å². The summed E-state index contributed by atoms with van der Waals surface area (Å²) in [5, 5.41) is 36.6. The minimum atomic E-state index is -1.29. The van der Waals surface area contributed by atoms with Crippen LogP contribution in [0.2, 0.25) is 0 Å². The highest BCUT2D eigenvalue weighted by atomic mass is 16.5. The second-order valence-corrected chi connectivity index (χ2v) is 29.9. The Kier molecular flexibility index (Phi) is 38.5. The monoisotopic (exact) mass is 1560 g/mol. The highest BCUT2D eigenvalue weighted by Gasteiger charge is 2.34. The van der Waals surface area contributed by atoms with Crippen LogP contribution < -0.4 is 37.6 Å². The zero-order valence-corrected chi connectivity index (χ0v) is 65.0. The summed E-state index contributed by atoms with van der Waals surface area (Å²) in [6.45, 7) is 12.8. The molecule has 1 aliphatic rings. The summed E-state index contributed by atoms with van der Waals surface area (Å²) in [5.41, 5.74) is 9.31. The number of hydrogen-bond donors (Lipinski definition) is 11. The molecule has 1 aliphatic heterocycles. The summed E-state index contributed by atoms with van der Waals surface area (Å²) in [7, 11) is 0. The number of anilines is 1. The lowest BCUT2D eigenvalue weighted by molar-refractivity contribution is -0.139. The molecule has 0 saturated carbocycles. The number of carbonyl (C=O) groups is 14. The van der Waals surface area contributed by atoms with Gasteiger partial charge < -0.3 is 67.3 Å². The maximum Gasteiger partial charge on any atom is 0.317 e. The van der Waals surface area contributed by atoms with Crippen molar-refractivity contribution in [3.8, 4) is 0 Å². The molecule has 32 nitrogen and oxygen atoms in total. The van der Waals surface area contributed by atoms with Crippen molar-refractivity contribution in [2.75, 3.05) is 97.3 Å². The van der Waals surface area contributed by atoms with Crippen molar-refractivity contribution in [2.45, 2.75) is 156 Å². The van der Waals surface area contributed by atoms with E-state index in [1.54, 1.807) is 102 Å². The zero-order chi connectivity index (χ0) is 81.7. The van der Waals surface area contributed by atoms with Crippen molar-refractivity contribution in [1.29, 1.82) is 0 Å². The predicted molar refractivity (Wildman–Crippen MR) is 415 cm³/mol. The number of imidazole rings is 1. The Balaban J connectivity index is 1.04. The Labute approximate surface area is 652 Å². The van der Waals surface area contributed by atoms with Crippen LogP contribution in [0.4, 0.5) is 5.69 Å². The fourth-order valence-corrected chi connectivity index (χ4v) is 13.5. The van der Waals surface area contributed by atoms with Crippen molar-refractivity contribution >= 4 is 99.5 Å². The number of amides is 7. The van der Waals surface area contributed by atoms with Gasteiger partial charge in [0, 0.05) is 157 Å². The molecule has 7 amide bonds. The number of Topliss-reactive ketones (excluding diaryl/α,β-unsaturated/α-hetero) is 4. The van der Waals surface area contributed by atoms with Crippen molar-refractivity contribution in [2.24, 2.45) is 35.3 Å². The van der Waals surface area contributed by atoms with Gasteiger partial charge in [0.15, 0.2) is 23.1 Å². The molecule has 112 heavy (non-hydrogen) atoms. The van der Waals surface area contributed by atoms with Crippen LogP contribution in [-0.2, 0) is 102 Å². The fraction of sp³-hybridized carbons (Fsp3) is 0.537.